The molecule has 0 aromatic heterocycles. The van der Waals surface area contributed by atoms with Crippen molar-refractivity contribution in [2.75, 3.05) is 46.2 Å². The summed E-state index contributed by atoms with van der Waals surface area (Å²) in [6.45, 7) is -0.861. The van der Waals surface area contributed by atoms with Crippen LogP contribution in [0.2, 0.25) is 0 Å². The Hall–Kier alpha value is -4.05. The maximum absolute atomic E-state index is 13.4. The molecular weight excluding hydrogens is 1410 g/mol. The van der Waals surface area contributed by atoms with Crippen molar-refractivity contribution < 1.29 is 197 Å². The zero-order valence-electron chi connectivity index (χ0n) is 56.2. The Balaban J connectivity index is 1.06. The van der Waals surface area contributed by atoms with Gasteiger partial charge in [0.1, 0.15) is 189 Å². The first-order chi connectivity index (χ1) is 48.6. The van der Waals surface area contributed by atoms with Gasteiger partial charge in [-0.25, -0.2) is 0 Å². The molecule has 0 radical (unpaired) electrons. The molecule has 0 unspecified atom stereocenters. The van der Waals surface area contributed by atoms with Gasteiger partial charge in [-0.3, -0.25) is 24.0 Å². The van der Waals surface area contributed by atoms with E-state index in [0.29, 0.717) is 0 Å². The molecule has 8 aliphatic heterocycles. The van der Waals surface area contributed by atoms with Crippen LogP contribution < -0.4 is 26.6 Å². The number of rotatable bonds is 26. The molecule has 0 aromatic carbocycles. The molecule has 8 aliphatic rings. The third-order valence-corrected chi connectivity index (χ3v) is 18.6. The van der Waals surface area contributed by atoms with Gasteiger partial charge in [-0.1, -0.05) is 0 Å². The molecule has 0 bridgehead atoms. The maximum Gasteiger partial charge on any atom is 0.217 e. The van der Waals surface area contributed by atoms with Crippen molar-refractivity contribution in [2.45, 2.75) is 287 Å². The first-order valence-electron chi connectivity index (χ1n) is 33.0. The number of aliphatic hydroxyl groups excluding tert-OH is 20. The predicted octanol–water partition coefficient (Wildman–Crippen LogP) is -16.7. The van der Waals surface area contributed by atoms with Gasteiger partial charge in [0.2, 0.25) is 29.5 Å². The van der Waals surface area contributed by atoms with Crippen molar-refractivity contribution in [1.29, 1.82) is 0 Å². The highest BCUT2D eigenvalue weighted by molar-refractivity contribution is 5.75. The van der Waals surface area contributed by atoms with Crippen molar-refractivity contribution in [2.24, 2.45) is 0 Å². The molecule has 0 spiro atoms. The van der Waals surface area contributed by atoms with Crippen LogP contribution in [0.5, 0.6) is 0 Å². The summed E-state index contributed by atoms with van der Waals surface area (Å²) in [6, 6.07) is -8.79. The minimum absolute atomic E-state index is 0.760. The second-order valence-corrected chi connectivity index (χ2v) is 26.1. The maximum atomic E-state index is 13.4. The zero-order chi connectivity index (χ0) is 76.1. The lowest BCUT2D eigenvalue weighted by atomic mass is 9.93. The van der Waals surface area contributed by atoms with Gasteiger partial charge in [-0.15, -0.1) is 0 Å². The van der Waals surface area contributed by atoms with Gasteiger partial charge in [-0.05, 0) is 6.92 Å². The minimum atomic E-state index is -2.26. The Labute approximate surface area is 585 Å². The van der Waals surface area contributed by atoms with E-state index in [1.807, 2.05) is 0 Å². The van der Waals surface area contributed by atoms with Gasteiger partial charge >= 0.3 is 0 Å². The largest absolute Gasteiger partial charge is 0.394 e. The minimum Gasteiger partial charge on any atom is -0.394 e. The highest BCUT2D eigenvalue weighted by Crippen LogP contribution is 2.39. The molecule has 8 rings (SSSR count). The second kappa shape index (κ2) is 36.9. The monoisotopic (exact) mass is 1500 g/mol. The Morgan fingerprint density at radius 1 is 0.272 bits per heavy atom. The topological polar surface area (TPSA) is 689 Å². The van der Waals surface area contributed by atoms with Gasteiger partial charge in [0.15, 0.2) is 50.3 Å². The average molecular weight is 1500 g/mol. The molecule has 45 nitrogen and oxygen atoms in total. The Morgan fingerprint density at radius 2 is 0.583 bits per heavy atom. The number of ether oxygens (including phenoxy) is 15. The van der Waals surface area contributed by atoms with Gasteiger partial charge in [0, 0.05) is 34.6 Å². The van der Waals surface area contributed by atoms with E-state index in [0.717, 1.165) is 34.6 Å². The molecule has 0 saturated carbocycles. The quantitative estimate of drug-likeness (QED) is 0.0382. The van der Waals surface area contributed by atoms with Gasteiger partial charge in [0.25, 0.3) is 0 Å². The van der Waals surface area contributed by atoms with Crippen molar-refractivity contribution >= 4 is 29.5 Å². The smallest absolute Gasteiger partial charge is 0.217 e. The summed E-state index contributed by atoms with van der Waals surface area (Å²) in [4.78, 5) is 63.5. The summed E-state index contributed by atoms with van der Waals surface area (Å²) in [5.41, 5.74) is 0. The summed E-state index contributed by atoms with van der Waals surface area (Å²) in [7, 11) is 0. The third kappa shape index (κ3) is 19.2. The number of carbonyl (C=O) groups excluding carboxylic acids is 5. The molecule has 8 heterocycles. The first kappa shape index (κ1) is 84.6. The second-order valence-electron chi connectivity index (χ2n) is 26.1. The highest BCUT2D eigenvalue weighted by Gasteiger charge is 2.60. The predicted molar refractivity (Wildman–Crippen MR) is 321 cm³/mol. The lowest BCUT2D eigenvalue weighted by molar-refractivity contribution is -0.382. The fourth-order valence-electron chi connectivity index (χ4n) is 13.4. The molecule has 40 atom stereocenters. The van der Waals surface area contributed by atoms with Gasteiger partial charge in [0.05, 0.1) is 52.4 Å². The first-order valence-corrected chi connectivity index (χ1v) is 33.0. The number of carbonyl (C=O) groups is 5. The van der Waals surface area contributed by atoms with Crippen LogP contribution >= 0.6 is 0 Å². The normalized spacial score (nSPS) is 47.6. The van der Waals surface area contributed by atoms with Crippen molar-refractivity contribution in [3.05, 3.63) is 0 Å². The van der Waals surface area contributed by atoms with Crippen LogP contribution in [0.3, 0.4) is 0 Å². The summed E-state index contributed by atoms with van der Waals surface area (Å²) in [6.07, 6.45) is -67.4. The number of hydrogen-bond donors (Lipinski definition) is 25. The van der Waals surface area contributed by atoms with Gasteiger partial charge in [-0.2, -0.15) is 0 Å². The van der Waals surface area contributed by atoms with Crippen LogP contribution in [0.1, 0.15) is 41.5 Å². The molecule has 45 heteroatoms. The zero-order valence-corrected chi connectivity index (χ0v) is 56.2. The van der Waals surface area contributed by atoms with Crippen LogP contribution in [-0.4, -0.2) is 423 Å². The van der Waals surface area contributed by atoms with Crippen LogP contribution in [0.25, 0.3) is 0 Å². The molecule has 594 valence electrons. The summed E-state index contributed by atoms with van der Waals surface area (Å²) < 4.78 is 89.3. The Kier molecular flexibility index (Phi) is 30.3. The molecule has 0 aromatic rings. The summed E-state index contributed by atoms with van der Waals surface area (Å²) >= 11 is 0. The highest BCUT2D eigenvalue weighted by atomic mass is 16.8. The molecule has 0 aliphatic carbocycles. The SMILES string of the molecule is CC(=O)N[C@@H]1[C@@H](O[C@@H]2O[C@H](CO)[C@H](O[C@H]3O[C@H](CO)[C@@H](O)[C@H](O)[C@H]3NC(C)=O)[C@H](O)[C@H]2O)[C@@H](O)[C@@H](CO[C@@H]2O[C@H](CO)[C@@H](O[C@@H]3O[C@@H](C)[C@@H](O)[C@@H](O)[C@@H]3O)[C@H](O[C@@H]3O[C@H](CO)[C@@H](O[C@@H]4O[C@H](CO)[C@H](O[C@H]5O[C@H](CO)[C@@H](O)[C@H](O)[C@H]5NC(C)=O)[C@H](O)[C@H]4O)[C@H](O)[C@H]3NC(C)=O)[C@H]2NC(C)=O)O[C@@H]1O. The fraction of sp³-hybridized carbons (Fsp3) is 0.914. The van der Waals surface area contributed by atoms with E-state index in [1.54, 1.807) is 0 Å². The lowest BCUT2D eigenvalue weighted by Crippen LogP contribution is -2.72. The Morgan fingerprint density at radius 3 is 1.01 bits per heavy atom. The molecule has 8 fully saturated rings. The number of nitrogens with one attached hydrogen (secondary N) is 5. The number of amides is 5. The van der Waals surface area contributed by atoms with Crippen molar-refractivity contribution in [1.82, 2.24) is 26.6 Å². The van der Waals surface area contributed by atoms with E-state index in [-0.39, 0.29) is 0 Å². The van der Waals surface area contributed by atoms with Crippen molar-refractivity contribution in [3.63, 3.8) is 0 Å². The molecule has 5 amide bonds. The number of hydrogen-bond acceptors (Lipinski definition) is 40. The summed E-state index contributed by atoms with van der Waals surface area (Å²) in [5.74, 6) is -4.25. The fourth-order valence-corrected chi connectivity index (χ4v) is 13.4. The van der Waals surface area contributed by atoms with Crippen LogP contribution in [-0.2, 0) is 95.0 Å². The molecule has 103 heavy (non-hydrogen) atoms. The third-order valence-electron chi connectivity index (χ3n) is 18.6. The lowest BCUT2D eigenvalue weighted by Gasteiger charge is -2.52. The van der Waals surface area contributed by atoms with Crippen LogP contribution in [0.15, 0.2) is 0 Å². The average Bonchev–Trinajstić information content (AvgIpc) is 0.773. The van der Waals surface area contributed by atoms with E-state index in [1.165, 1.54) is 6.92 Å². The Bertz CT molecular complexity index is 2740. The van der Waals surface area contributed by atoms with Crippen molar-refractivity contribution in [3.8, 4) is 0 Å². The summed E-state index contributed by atoms with van der Waals surface area (Å²) in [5, 5.41) is 233. The van der Waals surface area contributed by atoms with E-state index >= 15 is 0 Å². The molecular formula is C58H97N5O40. The van der Waals surface area contributed by atoms with Crippen LogP contribution in [0.4, 0.5) is 0 Å². The standard InChI is InChI=1S/C58H97N5O40/c1-14-32(75)39(82)42(85)56(90-14)101-48-25(12-69)94-52(89-13-26-35(78)49(30(51(88)91-26)62-18(5)73)102-58-44(87)41(84)47(24(11-68)97-58)99-54-28(60-16(3)71)37(80)34(77)21(8-65)93-54)31(63-19(6)74)50(48)103-55-29(61-17(4)72)38(81)45(22(9-66)95-55)100-57-43(86)40(83)46(23(10-67)96-57)98-53-27(59-15(2)70)36(79)33(76)20(7-64)92-53/h14,20-58,64-69,75-88H,7-13H2,1-6H3,(H,59,70)(H,60,71)(H,61,72)(H,62,73)(H,63,74)/t14-,20+,21+,22+,23+,24+,25+,26+,27+,28+,29+,30+,31+,32+,33+,34+,35-,36+,37+,38+,39+,40+,41+,42-,43+,44+,45+,46-,47-,48+,49+,50+,51-,52+,53+,54+,55-,56-,57-,58-/m0/s1. The van der Waals surface area contributed by atoms with E-state index in [4.69, 9.17) is 71.1 Å². The van der Waals surface area contributed by atoms with Crippen LogP contribution in [0, 0.1) is 0 Å². The van der Waals surface area contributed by atoms with E-state index in [2.05, 4.69) is 26.6 Å². The van der Waals surface area contributed by atoms with E-state index < -0.39 is 321 Å². The van der Waals surface area contributed by atoms with E-state index in [9.17, 15) is 126 Å². The van der Waals surface area contributed by atoms with Gasteiger partial charge < -0.3 is 200 Å². The number of aliphatic hydroxyl groups is 20. The molecule has 25 N–H and O–H groups in total. The molecule has 8 saturated heterocycles.